The van der Waals surface area contributed by atoms with E-state index in [0.29, 0.717) is 11.0 Å². The third kappa shape index (κ3) is 5.57. The van der Waals surface area contributed by atoms with E-state index in [1.807, 2.05) is 20.8 Å². The van der Waals surface area contributed by atoms with Crippen LogP contribution in [0.1, 0.15) is 46.5 Å². The van der Waals surface area contributed by atoms with Crippen molar-refractivity contribution < 1.29 is 9.53 Å². The summed E-state index contributed by atoms with van der Waals surface area (Å²) in [5.41, 5.74) is -0.301. The number of thioether (sulfide) groups is 1. The van der Waals surface area contributed by atoms with Crippen LogP contribution in [0.15, 0.2) is 0 Å². The van der Waals surface area contributed by atoms with Gasteiger partial charge in [0.1, 0.15) is 0 Å². The quantitative estimate of drug-likeness (QED) is 0.537. The van der Waals surface area contributed by atoms with Gasteiger partial charge >= 0.3 is 0 Å². The van der Waals surface area contributed by atoms with Crippen molar-refractivity contribution >= 4 is 27.9 Å². The second-order valence-corrected chi connectivity index (χ2v) is 8.73. The Kier molecular flexibility index (Phi) is 6.83. The van der Waals surface area contributed by atoms with Crippen molar-refractivity contribution in [2.24, 2.45) is 11.3 Å². The first-order valence-electron chi connectivity index (χ1n) is 8.75. The lowest BCUT2D eigenvalue weighted by atomic mass is 9.99. The summed E-state index contributed by atoms with van der Waals surface area (Å²) in [6.45, 7) is 9.35. The van der Waals surface area contributed by atoms with Crippen LogP contribution in [0.5, 0.6) is 0 Å². The molecule has 0 aromatic rings. The summed E-state index contributed by atoms with van der Waals surface area (Å²) in [7, 11) is 0. The number of amidine groups is 1. The highest BCUT2D eigenvalue weighted by atomic mass is 32.2. The molecule has 0 bridgehead atoms. The van der Waals surface area contributed by atoms with Crippen LogP contribution in [0.25, 0.3) is 0 Å². The molecule has 2 saturated heterocycles. The molecule has 0 unspecified atom stereocenters. The van der Waals surface area contributed by atoms with Gasteiger partial charge in [0.15, 0.2) is 5.17 Å². The summed E-state index contributed by atoms with van der Waals surface area (Å²) < 4.78 is 5.41. The minimum absolute atomic E-state index is 0.0536. The van der Waals surface area contributed by atoms with E-state index in [0.717, 1.165) is 63.7 Å². The monoisotopic (exact) mass is 354 g/mol. The molecule has 2 aliphatic heterocycles. The first kappa shape index (κ1) is 19.4. The average molecular weight is 355 g/mol. The Labute approximate surface area is 149 Å². The highest BCUT2D eigenvalue weighted by Gasteiger charge is 2.33. The Morgan fingerprint density at radius 2 is 1.92 bits per heavy atom. The highest BCUT2D eigenvalue weighted by Crippen LogP contribution is 2.25. The van der Waals surface area contributed by atoms with E-state index in [1.165, 1.54) is 0 Å². The van der Waals surface area contributed by atoms with Crippen molar-refractivity contribution in [2.45, 2.75) is 52.5 Å². The van der Waals surface area contributed by atoms with Crippen molar-refractivity contribution in [3.05, 3.63) is 0 Å². The fraction of sp³-hybridized carbons (Fsp3) is 0.824. The van der Waals surface area contributed by atoms with Gasteiger partial charge in [-0.2, -0.15) is 0 Å². The molecule has 0 radical (unpaired) electrons. The van der Waals surface area contributed by atoms with Gasteiger partial charge in [0.25, 0.3) is 0 Å². The third-order valence-corrected chi connectivity index (χ3v) is 5.74. The number of amides is 1. The van der Waals surface area contributed by atoms with Crippen LogP contribution >= 0.6 is 11.8 Å². The van der Waals surface area contributed by atoms with Gasteiger partial charge in [-0.3, -0.25) is 20.5 Å². The van der Waals surface area contributed by atoms with Gasteiger partial charge in [0.2, 0.25) is 5.91 Å². The van der Waals surface area contributed by atoms with Gasteiger partial charge in [-0.15, -0.1) is 0 Å². The Hall–Kier alpha value is -0.920. The maximum absolute atomic E-state index is 12.5. The third-order valence-electron chi connectivity index (χ3n) is 4.62. The second-order valence-electron chi connectivity index (χ2n) is 7.71. The summed E-state index contributed by atoms with van der Waals surface area (Å²) in [6.07, 6.45) is 4.02. The van der Waals surface area contributed by atoms with E-state index < -0.39 is 0 Å². The van der Waals surface area contributed by atoms with Crippen LogP contribution in [0, 0.1) is 22.2 Å². The Balaban J connectivity index is 1.83. The van der Waals surface area contributed by atoms with Crippen molar-refractivity contribution in [2.75, 3.05) is 26.3 Å². The summed E-state index contributed by atoms with van der Waals surface area (Å²) in [5.74, 6) is 0.508. The maximum Gasteiger partial charge on any atom is 0.243 e. The zero-order valence-corrected chi connectivity index (χ0v) is 15.8. The zero-order chi connectivity index (χ0) is 17.7. The van der Waals surface area contributed by atoms with E-state index in [-0.39, 0.29) is 22.5 Å². The van der Waals surface area contributed by atoms with Gasteiger partial charge in [-0.05, 0) is 49.9 Å². The summed E-state index contributed by atoms with van der Waals surface area (Å²) in [6, 6.07) is -0.141. The number of ether oxygens (including phenoxy) is 1. The van der Waals surface area contributed by atoms with Gasteiger partial charge in [0.05, 0.1) is 11.1 Å². The number of hydrogen-bond acceptors (Lipinski definition) is 6. The van der Waals surface area contributed by atoms with E-state index in [4.69, 9.17) is 15.6 Å². The lowest BCUT2D eigenvalue weighted by Crippen LogP contribution is -2.46. The molecule has 0 aliphatic carbocycles. The molecule has 0 spiro atoms. The molecule has 2 fully saturated rings. The molecule has 1 amide bonds. The molecule has 3 N–H and O–H groups in total. The number of carbonyl (C=O) groups excluding carboxylic acids is 1. The number of nitrogens with zero attached hydrogens (tertiary/aromatic N) is 1. The van der Waals surface area contributed by atoms with Crippen molar-refractivity contribution in [1.29, 1.82) is 10.8 Å². The smallest absolute Gasteiger partial charge is 0.243 e. The van der Waals surface area contributed by atoms with Crippen molar-refractivity contribution in [3.63, 3.8) is 0 Å². The van der Waals surface area contributed by atoms with E-state index in [1.54, 1.807) is 0 Å². The van der Waals surface area contributed by atoms with Crippen LogP contribution in [0.4, 0.5) is 0 Å². The molecule has 6 nitrogen and oxygen atoms in total. The SMILES string of the molecule is CC(C)(C)C(=N)SC(=N)NC(=O)[C@@H]1CCCN1CC1CCOCC1. The molecule has 7 heteroatoms. The standard InChI is InChI=1S/C17H30N4O2S/c1-17(2,3)15(18)24-16(19)20-14(22)13-5-4-8-21(13)11-12-6-9-23-10-7-12/h12-13,18H,4-11H2,1-3H3,(H2,19,20,22)/t13-/m0/s1. The number of likely N-dealkylation sites (tertiary alicyclic amines) is 1. The van der Waals surface area contributed by atoms with Crippen LogP contribution in [0.2, 0.25) is 0 Å². The van der Waals surface area contributed by atoms with Gasteiger partial charge < -0.3 is 10.1 Å². The van der Waals surface area contributed by atoms with Gasteiger partial charge in [0, 0.05) is 25.2 Å². The lowest BCUT2D eigenvalue weighted by molar-refractivity contribution is -0.124. The Morgan fingerprint density at radius 3 is 2.54 bits per heavy atom. The van der Waals surface area contributed by atoms with E-state index >= 15 is 0 Å². The predicted octanol–water partition coefficient (Wildman–Crippen LogP) is 2.68. The number of nitrogens with one attached hydrogen (secondary N) is 3. The van der Waals surface area contributed by atoms with Crippen molar-refractivity contribution in [1.82, 2.24) is 10.2 Å². The fourth-order valence-electron chi connectivity index (χ4n) is 3.08. The molecule has 1 atom stereocenters. The molecular formula is C17H30N4O2S. The van der Waals surface area contributed by atoms with Crippen LogP contribution in [0.3, 0.4) is 0 Å². The highest BCUT2D eigenvalue weighted by molar-refractivity contribution is 8.26. The largest absolute Gasteiger partial charge is 0.381 e. The maximum atomic E-state index is 12.5. The minimum atomic E-state index is -0.301. The zero-order valence-electron chi connectivity index (χ0n) is 15.0. The summed E-state index contributed by atoms with van der Waals surface area (Å²) in [5, 5.41) is 19.1. The topological polar surface area (TPSA) is 89.3 Å². The molecule has 0 aromatic carbocycles. The summed E-state index contributed by atoms with van der Waals surface area (Å²) >= 11 is 1.03. The normalized spacial score (nSPS) is 23.2. The second kappa shape index (κ2) is 8.45. The minimum Gasteiger partial charge on any atom is -0.381 e. The van der Waals surface area contributed by atoms with Gasteiger partial charge in [-0.25, -0.2) is 0 Å². The molecule has 136 valence electrons. The average Bonchev–Trinajstić information content (AvgIpc) is 2.95. The molecular weight excluding hydrogens is 324 g/mol. The number of rotatable bonds is 3. The lowest BCUT2D eigenvalue weighted by Gasteiger charge is -2.30. The Bertz CT molecular complexity index is 483. The van der Waals surface area contributed by atoms with Crippen LogP contribution in [-0.2, 0) is 9.53 Å². The molecule has 0 saturated carbocycles. The molecule has 2 rings (SSSR count). The van der Waals surface area contributed by atoms with E-state index in [2.05, 4.69) is 10.2 Å². The van der Waals surface area contributed by atoms with E-state index in [9.17, 15) is 4.79 Å². The van der Waals surface area contributed by atoms with Crippen LogP contribution < -0.4 is 5.32 Å². The first-order chi connectivity index (χ1) is 11.3. The van der Waals surface area contributed by atoms with Crippen LogP contribution in [-0.4, -0.2) is 53.4 Å². The fourth-order valence-corrected chi connectivity index (χ4v) is 3.74. The first-order valence-corrected chi connectivity index (χ1v) is 9.57. The molecule has 2 aliphatic rings. The number of hydrogen-bond donors (Lipinski definition) is 3. The summed E-state index contributed by atoms with van der Waals surface area (Å²) in [4.78, 5) is 14.8. The Morgan fingerprint density at radius 1 is 1.25 bits per heavy atom. The van der Waals surface area contributed by atoms with Crippen molar-refractivity contribution in [3.8, 4) is 0 Å². The molecule has 24 heavy (non-hydrogen) atoms. The predicted molar refractivity (Wildman–Crippen MR) is 98.8 cm³/mol. The number of carbonyl (C=O) groups is 1. The molecule has 0 aromatic heterocycles. The molecule has 2 heterocycles. The van der Waals surface area contributed by atoms with Gasteiger partial charge in [-0.1, -0.05) is 20.8 Å².